The van der Waals surface area contributed by atoms with Crippen LogP contribution in [0, 0.1) is 0 Å². The first-order chi connectivity index (χ1) is 8.54. The van der Waals surface area contributed by atoms with Crippen LogP contribution in [0.3, 0.4) is 0 Å². The van der Waals surface area contributed by atoms with Crippen LogP contribution in [0.2, 0.25) is 0 Å². The number of carbonyl (C=O) groups is 2. The zero-order chi connectivity index (χ0) is 13.5. The van der Waals surface area contributed by atoms with Gasteiger partial charge in [0, 0.05) is 19.1 Å². The summed E-state index contributed by atoms with van der Waals surface area (Å²) in [6, 6.07) is -0.215. The quantitative estimate of drug-likeness (QED) is 0.690. The summed E-state index contributed by atoms with van der Waals surface area (Å²) in [6.45, 7) is 5.98. The molecule has 0 aromatic rings. The minimum atomic E-state index is -0.314. The summed E-state index contributed by atoms with van der Waals surface area (Å²) in [5.74, 6) is -0.306. The maximum Gasteiger partial charge on any atom is 0.306 e. The van der Waals surface area contributed by atoms with Gasteiger partial charge in [-0.25, -0.2) is 0 Å². The van der Waals surface area contributed by atoms with E-state index in [1.54, 1.807) is 0 Å². The highest BCUT2D eigenvalue weighted by Crippen LogP contribution is 2.08. The van der Waals surface area contributed by atoms with E-state index < -0.39 is 0 Å². The van der Waals surface area contributed by atoms with Crippen LogP contribution in [0.15, 0.2) is 0 Å². The van der Waals surface area contributed by atoms with Gasteiger partial charge in [0.25, 0.3) is 0 Å². The summed E-state index contributed by atoms with van der Waals surface area (Å²) in [6.07, 6.45) is 0.294. The van der Waals surface area contributed by atoms with Crippen molar-refractivity contribution >= 4 is 11.9 Å². The van der Waals surface area contributed by atoms with Crippen molar-refractivity contribution in [3.05, 3.63) is 0 Å². The van der Waals surface area contributed by atoms with Crippen LogP contribution in [-0.2, 0) is 19.1 Å². The fraction of sp³-hybridized carbons (Fsp3) is 0.833. The number of nitrogens with one attached hydrogen (secondary N) is 1. The lowest BCUT2D eigenvalue weighted by Crippen LogP contribution is -2.55. The van der Waals surface area contributed by atoms with Crippen molar-refractivity contribution in [1.29, 1.82) is 0 Å². The zero-order valence-corrected chi connectivity index (χ0v) is 11.3. The molecule has 1 saturated heterocycles. The molecule has 1 aliphatic rings. The molecule has 0 aliphatic carbocycles. The van der Waals surface area contributed by atoms with Crippen molar-refractivity contribution in [3.8, 4) is 0 Å². The summed E-state index contributed by atoms with van der Waals surface area (Å²) in [5, 5.41) is 2.87. The van der Waals surface area contributed by atoms with Crippen molar-refractivity contribution in [2.75, 3.05) is 33.4 Å². The number of carbonyl (C=O) groups excluding carboxylic acids is 2. The molecule has 1 atom stereocenters. The molecule has 1 fully saturated rings. The molecule has 1 aliphatic heterocycles. The van der Waals surface area contributed by atoms with Gasteiger partial charge >= 0.3 is 5.97 Å². The minimum Gasteiger partial charge on any atom is -0.469 e. The Labute approximate surface area is 108 Å². The van der Waals surface area contributed by atoms with Crippen molar-refractivity contribution in [3.63, 3.8) is 0 Å². The molecule has 1 rings (SSSR count). The van der Waals surface area contributed by atoms with Crippen LogP contribution in [0.5, 0.6) is 0 Å². The van der Waals surface area contributed by atoms with E-state index in [1.165, 1.54) is 7.11 Å². The van der Waals surface area contributed by atoms with E-state index in [1.807, 2.05) is 18.7 Å². The Morgan fingerprint density at radius 1 is 1.50 bits per heavy atom. The lowest BCUT2D eigenvalue weighted by molar-refractivity contribution is -0.143. The van der Waals surface area contributed by atoms with E-state index in [2.05, 4.69) is 10.1 Å². The van der Waals surface area contributed by atoms with Crippen LogP contribution in [-0.4, -0.2) is 62.3 Å². The van der Waals surface area contributed by atoms with Gasteiger partial charge in [-0.2, -0.15) is 0 Å². The second-order valence-electron chi connectivity index (χ2n) is 4.62. The molecule has 18 heavy (non-hydrogen) atoms. The topological polar surface area (TPSA) is 67.9 Å². The molecule has 104 valence electrons. The van der Waals surface area contributed by atoms with Gasteiger partial charge in [0.2, 0.25) is 5.91 Å². The van der Waals surface area contributed by atoms with Gasteiger partial charge in [0.1, 0.15) is 6.04 Å². The van der Waals surface area contributed by atoms with E-state index >= 15 is 0 Å². The molecule has 0 aromatic carbocycles. The third-order valence-electron chi connectivity index (χ3n) is 2.80. The summed E-state index contributed by atoms with van der Waals surface area (Å²) in [7, 11) is 1.37. The number of hydrogen-bond acceptors (Lipinski definition) is 5. The zero-order valence-electron chi connectivity index (χ0n) is 11.3. The van der Waals surface area contributed by atoms with E-state index in [9.17, 15) is 9.59 Å². The normalized spacial score (nSPS) is 20.8. The van der Waals surface area contributed by atoms with E-state index in [-0.39, 0.29) is 24.0 Å². The van der Waals surface area contributed by atoms with Crippen LogP contribution in [0.1, 0.15) is 20.3 Å². The fourth-order valence-electron chi connectivity index (χ4n) is 1.86. The predicted molar refractivity (Wildman–Crippen MR) is 66.1 cm³/mol. The molecule has 0 aromatic heterocycles. The molecule has 0 radical (unpaired) electrons. The lowest BCUT2D eigenvalue weighted by atomic mass is 10.2. The van der Waals surface area contributed by atoms with Gasteiger partial charge in [0.05, 0.1) is 26.7 Å². The van der Waals surface area contributed by atoms with Crippen LogP contribution in [0.25, 0.3) is 0 Å². The molecule has 6 heteroatoms. The number of methoxy groups -OCH3 is 1. The largest absolute Gasteiger partial charge is 0.469 e. The molecule has 0 bridgehead atoms. The predicted octanol–water partition coefficient (Wildman–Crippen LogP) is -0.225. The molecule has 0 saturated carbocycles. The SMILES string of the molecule is COC(=O)CCN1CCOCC1C(=O)NC(C)C. The van der Waals surface area contributed by atoms with Gasteiger partial charge in [-0.3, -0.25) is 14.5 Å². The van der Waals surface area contributed by atoms with Crippen LogP contribution < -0.4 is 5.32 Å². The van der Waals surface area contributed by atoms with E-state index in [0.29, 0.717) is 32.7 Å². The van der Waals surface area contributed by atoms with Crippen molar-refractivity contribution < 1.29 is 19.1 Å². The number of amides is 1. The maximum atomic E-state index is 12.0. The second-order valence-corrected chi connectivity index (χ2v) is 4.62. The Hall–Kier alpha value is -1.14. The molecular formula is C12H22N2O4. The van der Waals surface area contributed by atoms with Crippen molar-refractivity contribution in [2.45, 2.75) is 32.4 Å². The molecule has 1 amide bonds. The monoisotopic (exact) mass is 258 g/mol. The number of ether oxygens (including phenoxy) is 2. The summed E-state index contributed by atoms with van der Waals surface area (Å²) < 4.78 is 9.93. The Morgan fingerprint density at radius 2 is 2.22 bits per heavy atom. The van der Waals surface area contributed by atoms with Gasteiger partial charge in [-0.15, -0.1) is 0 Å². The summed E-state index contributed by atoms with van der Waals surface area (Å²) in [4.78, 5) is 25.1. The first kappa shape index (κ1) is 14.9. The minimum absolute atomic E-state index is 0.0467. The average molecular weight is 258 g/mol. The Kier molecular flexibility index (Phi) is 6.07. The van der Waals surface area contributed by atoms with E-state index in [0.717, 1.165) is 0 Å². The van der Waals surface area contributed by atoms with E-state index in [4.69, 9.17) is 4.74 Å². The highest BCUT2D eigenvalue weighted by Gasteiger charge is 2.29. The number of esters is 1. The molecule has 1 N–H and O–H groups in total. The first-order valence-electron chi connectivity index (χ1n) is 6.23. The Bertz CT molecular complexity index is 294. The Morgan fingerprint density at radius 3 is 2.83 bits per heavy atom. The molecule has 1 unspecified atom stereocenters. The van der Waals surface area contributed by atoms with Gasteiger partial charge in [0.15, 0.2) is 0 Å². The smallest absolute Gasteiger partial charge is 0.306 e. The number of rotatable bonds is 5. The average Bonchev–Trinajstić information content (AvgIpc) is 2.35. The third-order valence-corrected chi connectivity index (χ3v) is 2.80. The van der Waals surface area contributed by atoms with Gasteiger partial charge < -0.3 is 14.8 Å². The Balaban J connectivity index is 2.51. The van der Waals surface area contributed by atoms with Crippen LogP contribution in [0.4, 0.5) is 0 Å². The molecular weight excluding hydrogens is 236 g/mol. The molecule has 0 spiro atoms. The number of morpholine rings is 1. The number of hydrogen-bond donors (Lipinski definition) is 1. The fourth-order valence-corrected chi connectivity index (χ4v) is 1.86. The standard InChI is InChI=1S/C12H22N2O4/c1-9(2)13-12(16)10-8-18-7-6-14(10)5-4-11(15)17-3/h9-10H,4-8H2,1-3H3,(H,13,16). The van der Waals surface area contributed by atoms with Gasteiger partial charge in [-0.05, 0) is 13.8 Å². The van der Waals surface area contributed by atoms with Crippen LogP contribution >= 0.6 is 0 Å². The maximum absolute atomic E-state index is 12.0. The first-order valence-corrected chi connectivity index (χ1v) is 6.23. The van der Waals surface area contributed by atoms with Gasteiger partial charge in [-0.1, -0.05) is 0 Å². The highest BCUT2D eigenvalue weighted by molar-refractivity contribution is 5.82. The van der Waals surface area contributed by atoms with Crippen molar-refractivity contribution in [2.24, 2.45) is 0 Å². The van der Waals surface area contributed by atoms with Crippen molar-refractivity contribution in [1.82, 2.24) is 10.2 Å². The summed E-state index contributed by atoms with van der Waals surface area (Å²) in [5.41, 5.74) is 0. The third kappa shape index (κ3) is 4.62. The molecule has 1 heterocycles. The molecule has 6 nitrogen and oxygen atoms in total. The number of nitrogens with zero attached hydrogens (tertiary/aromatic N) is 1. The summed E-state index contributed by atoms with van der Waals surface area (Å²) >= 11 is 0. The lowest BCUT2D eigenvalue weighted by Gasteiger charge is -2.34. The second kappa shape index (κ2) is 7.33. The highest BCUT2D eigenvalue weighted by atomic mass is 16.5.